The van der Waals surface area contributed by atoms with Gasteiger partial charge in [0.1, 0.15) is 0 Å². The first kappa shape index (κ1) is 19.8. The predicted octanol–water partition coefficient (Wildman–Crippen LogP) is -1.38. The van der Waals surface area contributed by atoms with Crippen LogP contribution in [0.3, 0.4) is 0 Å². The molecule has 134 valence electrons. The van der Waals surface area contributed by atoms with E-state index in [0.717, 1.165) is 4.90 Å². The summed E-state index contributed by atoms with van der Waals surface area (Å²) in [4.78, 5) is 20.9. The topological polar surface area (TPSA) is 192 Å². The molecule has 0 saturated heterocycles. The number of nitrogen functional groups attached to an aromatic ring is 2. The van der Waals surface area contributed by atoms with Gasteiger partial charge in [0.05, 0.1) is 33.0 Å². The fraction of sp³-hybridized carbons (Fsp3) is 0.500. The van der Waals surface area contributed by atoms with Gasteiger partial charge >= 0.3 is 0 Å². The van der Waals surface area contributed by atoms with E-state index in [1.807, 2.05) is 0 Å². The summed E-state index contributed by atoms with van der Waals surface area (Å²) < 4.78 is 10.4. The normalized spacial score (nSPS) is 10.6. The van der Waals surface area contributed by atoms with Gasteiger partial charge in [0.15, 0.2) is 28.4 Å². The van der Waals surface area contributed by atoms with Gasteiger partial charge in [-0.3, -0.25) is 15.1 Å². The molecule has 0 aliphatic carbocycles. The molecule has 0 fully saturated rings. The molecule has 9 N–H and O–H groups in total. The van der Waals surface area contributed by atoms with Crippen molar-refractivity contribution in [2.24, 2.45) is 11.5 Å². The Labute approximate surface area is 143 Å². The van der Waals surface area contributed by atoms with Gasteiger partial charge in [-0.2, -0.15) is 0 Å². The van der Waals surface area contributed by atoms with E-state index in [1.54, 1.807) is 0 Å². The molecule has 1 aromatic heterocycles. The predicted molar refractivity (Wildman–Crippen MR) is 89.5 cm³/mol. The monoisotopic (exact) mass is 360 g/mol. The zero-order valence-corrected chi connectivity index (χ0v) is 13.8. The lowest BCUT2D eigenvalue weighted by Crippen LogP contribution is -2.44. The lowest BCUT2D eigenvalue weighted by molar-refractivity contribution is 0.0443. The molecule has 0 atom stereocenters. The van der Waals surface area contributed by atoms with E-state index in [4.69, 9.17) is 49.4 Å². The molecule has 0 aliphatic rings. The number of hydrogen-bond donors (Lipinski definition) is 5. The third kappa shape index (κ3) is 5.77. The number of carbonyl (C=O) groups is 1. The van der Waals surface area contributed by atoms with Gasteiger partial charge in [0.2, 0.25) is 0 Å². The van der Waals surface area contributed by atoms with Crippen LogP contribution in [0.1, 0.15) is 10.5 Å². The van der Waals surface area contributed by atoms with E-state index >= 15 is 0 Å². The number of nitrogens with zero attached hydrogens (tertiary/aromatic N) is 3. The van der Waals surface area contributed by atoms with E-state index in [-0.39, 0.29) is 35.6 Å². The third-order valence-electron chi connectivity index (χ3n) is 2.74. The minimum Gasteiger partial charge on any atom is -0.382 e. The molecule has 1 heterocycles. The van der Waals surface area contributed by atoms with Crippen LogP contribution in [0.5, 0.6) is 0 Å². The maximum atomic E-state index is 12.4. The zero-order valence-electron chi connectivity index (χ0n) is 13.0. The molecule has 1 amide bonds. The highest BCUT2D eigenvalue weighted by atomic mass is 35.5. The summed E-state index contributed by atoms with van der Waals surface area (Å²) in [5.41, 5.74) is 21.5. The Morgan fingerprint density at radius 2 is 1.75 bits per heavy atom. The van der Waals surface area contributed by atoms with Gasteiger partial charge in [0.25, 0.3) is 5.91 Å². The third-order valence-corrected chi connectivity index (χ3v) is 3.01. The lowest BCUT2D eigenvalue weighted by atomic mass is 10.3. The van der Waals surface area contributed by atoms with Crippen LogP contribution in [-0.4, -0.2) is 66.3 Å². The number of nitrogens with one attached hydrogen (secondary N) is 1. The molecule has 0 spiro atoms. The number of anilines is 2. The van der Waals surface area contributed by atoms with Crippen molar-refractivity contribution in [3.05, 3.63) is 10.8 Å². The van der Waals surface area contributed by atoms with E-state index < -0.39 is 11.9 Å². The number of ether oxygens (including phenoxy) is 2. The highest BCUT2D eigenvalue weighted by Gasteiger charge is 2.24. The Bertz CT molecular complexity index is 586. The standard InChI is InChI=1S/C12H21ClN8O3/c13-8-10(16)20-9(15)7(19-8)11(22)21(12(17)18)2-4-24-6-5-23-3-1-14/h1-6,14H2,(H3,17,18)(H4,15,16,20). The molecule has 0 radical (unpaired) electrons. The fourth-order valence-electron chi connectivity index (χ4n) is 1.62. The van der Waals surface area contributed by atoms with Crippen molar-refractivity contribution in [1.82, 2.24) is 14.9 Å². The van der Waals surface area contributed by atoms with Gasteiger partial charge in [-0.15, -0.1) is 0 Å². The molecule has 24 heavy (non-hydrogen) atoms. The maximum absolute atomic E-state index is 12.4. The smallest absolute Gasteiger partial charge is 0.283 e. The van der Waals surface area contributed by atoms with Crippen LogP contribution in [-0.2, 0) is 9.47 Å². The summed E-state index contributed by atoms with van der Waals surface area (Å²) in [5.74, 6) is -1.51. The summed E-state index contributed by atoms with van der Waals surface area (Å²) in [6.45, 7) is 1.71. The van der Waals surface area contributed by atoms with Crippen LogP contribution in [0.15, 0.2) is 0 Å². The SMILES string of the molecule is N=C(N)N(CCOCCOCCN)C(=O)c1nc(Cl)c(N)nc1N. The molecule has 0 aliphatic heterocycles. The largest absolute Gasteiger partial charge is 0.382 e. The van der Waals surface area contributed by atoms with Gasteiger partial charge in [-0.25, -0.2) is 9.97 Å². The number of guanidine groups is 1. The molecule has 12 heteroatoms. The average Bonchev–Trinajstić information content (AvgIpc) is 2.52. The van der Waals surface area contributed by atoms with E-state index in [9.17, 15) is 4.79 Å². The highest BCUT2D eigenvalue weighted by molar-refractivity contribution is 6.31. The Hall–Kier alpha value is -2.21. The number of carbonyl (C=O) groups excluding carboxylic acids is 1. The number of aromatic nitrogens is 2. The molecule has 1 aromatic rings. The van der Waals surface area contributed by atoms with E-state index in [1.165, 1.54) is 0 Å². The average molecular weight is 361 g/mol. The molecular weight excluding hydrogens is 340 g/mol. The summed E-state index contributed by atoms with van der Waals surface area (Å²) in [5, 5.41) is 7.35. The number of halogens is 1. The Balaban J connectivity index is 2.63. The minimum atomic E-state index is -0.725. The van der Waals surface area contributed by atoms with Gasteiger partial charge in [0, 0.05) is 6.54 Å². The number of hydrogen-bond acceptors (Lipinski definition) is 9. The van der Waals surface area contributed by atoms with E-state index in [2.05, 4.69) is 9.97 Å². The molecule has 0 bridgehead atoms. The molecule has 11 nitrogen and oxygen atoms in total. The van der Waals surface area contributed by atoms with Gasteiger partial charge in [-0.1, -0.05) is 11.6 Å². The second-order valence-corrected chi connectivity index (χ2v) is 4.85. The number of amides is 1. The van der Waals surface area contributed by atoms with Gasteiger partial charge < -0.3 is 32.4 Å². The lowest BCUT2D eigenvalue weighted by Gasteiger charge is -2.20. The van der Waals surface area contributed by atoms with Crippen molar-refractivity contribution in [3.8, 4) is 0 Å². The Morgan fingerprint density at radius 1 is 1.12 bits per heavy atom. The zero-order chi connectivity index (χ0) is 18.1. The minimum absolute atomic E-state index is 0.0220. The van der Waals surface area contributed by atoms with E-state index in [0.29, 0.717) is 26.4 Å². The number of rotatable bonds is 9. The Kier molecular flexibility index (Phi) is 8.12. The quantitative estimate of drug-likeness (QED) is 0.200. The van der Waals surface area contributed by atoms with Crippen molar-refractivity contribution >= 4 is 35.1 Å². The molecule has 0 aromatic carbocycles. The van der Waals surface area contributed by atoms with Crippen molar-refractivity contribution in [2.45, 2.75) is 0 Å². The van der Waals surface area contributed by atoms with Crippen LogP contribution >= 0.6 is 11.6 Å². The van der Waals surface area contributed by atoms with Crippen LogP contribution in [0.4, 0.5) is 11.6 Å². The molecule has 0 saturated carbocycles. The van der Waals surface area contributed by atoms with Crippen LogP contribution < -0.4 is 22.9 Å². The first-order valence-electron chi connectivity index (χ1n) is 6.98. The maximum Gasteiger partial charge on any atom is 0.283 e. The van der Waals surface area contributed by atoms with Crippen LogP contribution in [0.2, 0.25) is 5.15 Å². The second kappa shape index (κ2) is 9.82. The summed E-state index contributed by atoms with van der Waals surface area (Å²) in [6.07, 6.45) is 0. The highest BCUT2D eigenvalue weighted by Crippen LogP contribution is 2.18. The summed E-state index contributed by atoms with van der Waals surface area (Å²) >= 11 is 5.74. The molecule has 0 unspecified atom stereocenters. The fourth-order valence-corrected chi connectivity index (χ4v) is 1.75. The molecular formula is C12H21ClN8O3. The molecule has 1 rings (SSSR count). The summed E-state index contributed by atoms with van der Waals surface area (Å²) in [7, 11) is 0. The van der Waals surface area contributed by atoms with Crippen molar-refractivity contribution in [3.63, 3.8) is 0 Å². The summed E-state index contributed by atoms with van der Waals surface area (Å²) in [6, 6.07) is 0. The van der Waals surface area contributed by atoms with Crippen LogP contribution in [0.25, 0.3) is 0 Å². The first-order valence-corrected chi connectivity index (χ1v) is 7.36. The Morgan fingerprint density at radius 3 is 2.33 bits per heavy atom. The first-order chi connectivity index (χ1) is 11.4. The van der Waals surface area contributed by atoms with Crippen LogP contribution in [0, 0.1) is 5.41 Å². The number of nitrogens with two attached hydrogens (primary N) is 4. The van der Waals surface area contributed by atoms with Crippen molar-refractivity contribution in [2.75, 3.05) is 51.0 Å². The van der Waals surface area contributed by atoms with Crippen molar-refractivity contribution < 1.29 is 14.3 Å². The second-order valence-electron chi connectivity index (χ2n) is 4.49. The van der Waals surface area contributed by atoms with Crippen molar-refractivity contribution in [1.29, 1.82) is 5.41 Å². The van der Waals surface area contributed by atoms with Gasteiger partial charge in [-0.05, 0) is 0 Å².